The standard InChI is InChI=1S/C20H17B2ClF3N3O6/c1-32-9-19-6-11-5-14(23)21-8-13(11)16(19)27-28(10-34-19)17(30)29(18(31)33-2)15-4-3-12(7-22-15)35-20(24,25)26/h3-5,7-8H,6,9-10H2,1-2H3/t19-/m1/s1. The van der Waals surface area contributed by atoms with Gasteiger partial charge in [-0.05, 0) is 0 Å². The summed E-state index contributed by atoms with van der Waals surface area (Å²) in [7, 11) is 2.57. The van der Waals surface area contributed by atoms with Crippen LogP contribution >= 0.6 is 11.6 Å². The van der Waals surface area contributed by atoms with Gasteiger partial charge in [0.05, 0.1) is 0 Å². The molecule has 0 spiro atoms. The number of ether oxygens (including phenoxy) is 4. The number of hydrogen-bond acceptors (Lipinski definition) is 7. The van der Waals surface area contributed by atoms with Crippen LogP contribution in [0, 0.1) is 0 Å². The van der Waals surface area contributed by atoms with Crippen molar-refractivity contribution in [2.45, 2.75) is 18.4 Å². The van der Waals surface area contributed by atoms with Crippen LogP contribution in [0.2, 0.25) is 4.92 Å². The van der Waals surface area contributed by atoms with Crippen LogP contribution in [0.25, 0.3) is 0 Å². The molecule has 2 aromatic heterocycles. The van der Waals surface area contributed by atoms with Crippen molar-refractivity contribution in [2.75, 3.05) is 32.5 Å². The first-order chi connectivity index (χ1) is 16.6. The molecule has 2 aliphatic rings. The second-order valence-corrected chi connectivity index (χ2v) is 8.09. The Labute approximate surface area is 203 Å². The van der Waals surface area contributed by atoms with Gasteiger partial charge >= 0.3 is 203 Å². The van der Waals surface area contributed by atoms with Gasteiger partial charge in [-0.2, -0.15) is 0 Å². The van der Waals surface area contributed by atoms with Crippen molar-refractivity contribution in [1.82, 2.24) is 5.01 Å². The Kier molecular flexibility index (Phi) is 6.89. The summed E-state index contributed by atoms with van der Waals surface area (Å²) in [4.78, 5) is 26.9. The molecule has 1 aliphatic heterocycles. The molecule has 0 fully saturated rings. The van der Waals surface area contributed by atoms with E-state index in [1.807, 2.05) is 0 Å². The molecule has 2 aromatic rings. The summed E-state index contributed by atoms with van der Waals surface area (Å²) in [6, 6.07) is 2.90. The van der Waals surface area contributed by atoms with Gasteiger partial charge in [0.2, 0.25) is 0 Å². The molecular weight excluding hydrogens is 492 g/mol. The summed E-state index contributed by atoms with van der Waals surface area (Å²) in [5.74, 6) is 2.19. The maximum atomic E-state index is 13.3. The number of urea groups is 1. The first-order valence-electron chi connectivity index (χ1n) is 10.1. The van der Waals surface area contributed by atoms with Gasteiger partial charge < -0.3 is 0 Å². The molecule has 1 atom stereocenters. The summed E-state index contributed by atoms with van der Waals surface area (Å²) in [6.07, 6.45) is -5.55. The van der Waals surface area contributed by atoms with Crippen molar-refractivity contribution in [1.29, 1.82) is 0 Å². The first kappa shape index (κ1) is 25.1. The molecule has 0 aromatic carbocycles. The summed E-state index contributed by atoms with van der Waals surface area (Å²) in [5.41, 5.74) is 0.966. The van der Waals surface area contributed by atoms with E-state index in [2.05, 4.69) is 9.84 Å². The first-order valence-corrected chi connectivity index (χ1v) is 10.5. The average Bonchev–Trinajstić information content (AvgIpc) is 3.11. The SMILES string of the molecule is COC[C@]12Cc3cc(Cl)bcc3C1=NN(C(=O)N(C(=O)OC)c1bcc(OC(F)(F)F)cc1)CO2. The third-order valence-electron chi connectivity index (χ3n) is 5.39. The molecule has 4 rings (SSSR count). The fourth-order valence-electron chi connectivity index (χ4n) is 3.96. The van der Waals surface area contributed by atoms with Gasteiger partial charge in [-0.25, -0.2) is 0 Å². The van der Waals surface area contributed by atoms with Crippen molar-refractivity contribution < 1.29 is 41.7 Å². The number of halogens is 4. The second kappa shape index (κ2) is 9.59. The number of carbonyl (C=O) groups is 2. The molecule has 1 aliphatic carbocycles. The number of imide groups is 1. The molecule has 9 nitrogen and oxygen atoms in total. The summed E-state index contributed by atoms with van der Waals surface area (Å²) in [6.45, 7) is 2.62. The monoisotopic (exact) mass is 509 g/mol. The van der Waals surface area contributed by atoms with Crippen LogP contribution in [0.1, 0.15) is 11.1 Å². The van der Waals surface area contributed by atoms with E-state index in [4.69, 9.17) is 25.8 Å². The summed E-state index contributed by atoms with van der Waals surface area (Å²) in [5, 5.41) is 5.38. The Morgan fingerprint density at radius 3 is 2.69 bits per heavy atom. The predicted molar refractivity (Wildman–Crippen MR) is 120 cm³/mol. The Morgan fingerprint density at radius 1 is 1.29 bits per heavy atom. The predicted octanol–water partition coefficient (Wildman–Crippen LogP) is 3.24. The zero-order valence-corrected chi connectivity index (χ0v) is 19.2. The van der Waals surface area contributed by atoms with Crippen LogP contribution in [0.5, 0.6) is 5.75 Å². The van der Waals surface area contributed by atoms with Crippen LogP contribution < -0.4 is 9.64 Å². The maximum absolute atomic E-state index is 13.3. The third-order valence-corrected chi connectivity index (χ3v) is 5.62. The van der Waals surface area contributed by atoms with Gasteiger partial charge in [0, 0.05) is 0 Å². The summed E-state index contributed by atoms with van der Waals surface area (Å²) < 4.78 is 57.3. The Hall–Kier alpha value is -2.96. The van der Waals surface area contributed by atoms with E-state index in [-0.39, 0.29) is 18.9 Å². The topological polar surface area (TPSA) is 89.9 Å². The molecule has 3 amide bonds. The Morgan fingerprint density at radius 2 is 2.06 bits per heavy atom. The van der Waals surface area contributed by atoms with Gasteiger partial charge in [-0.1, -0.05) is 0 Å². The van der Waals surface area contributed by atoms with Crippen molar-refractivity contribution >= 4 is 48.8 Å². The van der Waals surface area contributed by atoms with Gasteiger partial charge in [-0.15, -0.1) is 0 Å². The van der Waals surface area contributed by atoms with Crippen molar-refractivity contribution in [2.24, 2.45) is 5.10 Å². The van der Waals surface area contributed by atoms with Gasteiger partial charge in [0.15, 0.2) is 0 Å². The molecule has 0 radical (unpaired) electrons. The van der Waals surface area contributed by atoms with Gasteiger partial charge in [-0.3, -0.25) is 0 Å². The molecule has 35 heavy (non-hydrogen) atoms. The third kappa shape index (κ3) is 5.04. The average molecular weight is 509 g/mol. The van der Waals surface area contributed by atoms with Crippen LogP contribution in [-0.4, -0.2) is 76.2 Å². The number of fused-ring (bicyclic) bond motifs is 3. The number of carbonyl (C=O) groups excluding carboxylic acids is 2. The molecule has 0 unspecified atom stereocenters. The van der Waals surface area contributed by atoms with Crippen molar-refractivity contribution in [3.8, 4) is 5.75 Å². The van der Waals surface area contributed by atoms with E-state index in [1.54, 1.807) is 18.9 Å². The number of methoxy groups -OCH3 is 2. The number of anilines is 1. The minimum atomic E-state index is -4.89. The van der Waals surface area contributed by atoms with Crippen LogP contribution in [0.3, 0.4) is 0 Å². The number of hydrogen-bond donors (Lipinski definition) is 0. The number of rotatable bonds is 4. The zero-order valence-electron chi connectivity index (χ0n) is 18.5. The number of alkyl halides is 3. The van der Waals surface area contributed by atoms with E-state index in [1.165, 1.54) is 7.11 Å². The van der Waals surface area contributed by atoms with E-state index in [0.29, 0.717) is 27.5 Å². The van der Waals surface area contributed by atoms with E-state index < -0.39 is 29.8 Å². The Balaban J connectivity index is 1.67. The van der Waals surface area contributed by atoms with E-state index in [0.717, 1.165) is 42.7 Å². The van der Waals surface area contributed by atoms with Gasteiger partial charge in [0.25, 0.3) is 0 Å². The fourth-order valence-corrected chi connectivity index (χ4v) is 4.16. The molecule has 3 heterocycles. The van der Waals surface area contributed by atoms with Crippen molar-refractivity contribution in [3.05, 3.63) is 46.2 Å². The number of nitrogens with zero attached hydrogens (tertiary/aromatic N) is 3. The van der Waals surface area contributed by atoms with E-state index in [9.17, 15) is 22.8 Å². The second-order valence-electron chi connectivity index (χ2n) is 7.66. The van der Waals surface area contributed by atoms with E-state index >= 15 is 0 Å². The molecule has 0 saturated carbocycles. The molecular formula is C20H17B2ClF3N3O6. The normalized spacial score (nSPS) is 18.7. The molecule has 15 heteroatoms. The molecule has 0 bridgehead atoms. The fraction of sp³-hybridized carbons (Fsp3) is 0.350. The van der Waals surface area contributed by atoms with Crippen molar-refractivity contribution in [3.63, 3.8) is 0 Å². The quantitative estimate of drug-likeness (QED) is 0.629. The number of hydrazone groups is 1. The molecule has 0 N–H and O–H groups in total. The van der Waals surface area contributed by atoms with Gasteiger partial charge in [0.1, 0.15) is 0 Å². The van der Waals surface area contributed by atoms with Crippen LogP contribution in [0.4, 0.5) is 28.3 Å². The molecule has 182 valence electrons. The minimum absolute atomic E-state index is 0.0658. The summed E-state index contributed by atoms with van der Waals surface area (Å²) >= 11 is 6.12. The zero-order chi connectivity index (χ0) is 25.4. The Bertz CT molecular complexity index is 1180. The number of amides is 3. The molecule has 0 saturated heterocycles. The van der Waals surface area contributed by atoms with Crippen LogP contribution in [0.15, 0.2) is 35.2 Å². The van der Waals surface area contributed by atoms with Crippen LogP contribution in [-0.2, 0) is 20.6 Å².